The van der Waals surface area contributed by atoms with Crippen LogP contribution in [0.1, 0.15) is 47.2 Å². The maximum Gasteiger partial charge on any atom is 0.335 e. The molecule has 0 unspecified atom stereocenters. The van der Waals surface area contributed by atoms with Gasteiger partial charge in [0.05, 0.1) is 17.3 Å². The van der Waals surface area contributed by atoms with E-state index in [-0.39, 0.29) is 17.6 Å². The molecule has 0 amide bonds. The fraction of sp³-hybridized carbons (Fsp3) is 0.227. The van der Waals surface area contributed by atoms with E-state index in [1.165, 1.54) is 0 Å². The SMILES string of the molecule is CCCN1C(=S)N[C@@H](c2ccccn2)[C@H]1c1ccc(-c2ccc(C(=O)O)cc2)o1. The minimum absolute atomic E-state index is 0.107. The summed E-state index contributed by atoms with van der Waals surface area (Å²) >= 11 is 5.59. The molecule has 6 nitrogen and oxygen atoms in total. The summed E-state index contributed by atoms with van der Waals surface area (Å²) in [5.41, 5.74) is 1.98. The minimum atomic E-state index is -0.948. The van der Waals surface area contributed by atoms with Crippen LogP contribution < -0.4 is 5.32 Å². The zero-order valence-corrected chi connectivity index (χ0v) is 16.7. The molecular weight excluding hydrogens is 386 g/mol. The van der Waals surface area contributed by atoms with Gasteiger partial charge in [0.15, 0.2) is 5.11 Å². The van der Waals surface area contributed by atoms with Crippen LogP contribution >= 0.6 is 12.2 Å². The van der Waals surface area contributed by atoms with Crippen LogP contribution in [0.25, 0.3) is 11.3 Å². The van der Waals surface area contributed by atoms with E-state index in [0.717, 1.165) is 30.0 Å². The Bertz CT molecular complexity index is 1020. The Balaban J connectivity index is 1.68. The summed E-state index contributed by atoms with van der Waals surface area (Å²) < 4.78 is 6.21. The third-order valence-corrected chi connectivity index (χ3v) is 5.35. The number of thiocarbonyl (C=S) groups is 1. The van der Waals surface area contributed by atoms with Gasteiger partial charge in [-0.2, -0.15) is 0 Å². The molecule has 3 aromatic rings. The molecule has 1 aliphatic heterocycles. The number of carboxylic acid groups (broad SMARTS) is 1. The van der Waals surface area contributed by atoms with E-state index < -0.39 is 5.97 Å². The van der Waals surface area contributed by atoms with Crippen LogP contribution in [-0.4, -0.2) is 32.6 Å². The number of benzene rings is 1. The van der Waals surface area contributed by atoms with Crippen molar-refractivity contribution in [2.45, 2.75) is 25.4 Å². The van der Waals surface area contributed by atoms with Crippen molar-refractivity contribution >= 4 is 23.3 Å². The smallest absolute Gasteiger partial charge is 0.335 e. The first-order valence-electron chi connectivity index (χ1n) is 9.50. The number of pyridine rings is 1. The highest BCUT2D eigenvalue weighted by atomic mass is 32.1. The second-order valence-electron chi connectivity index (χ2n) is 6.90. The van der Waals surface area contributed by atoms with Gasteiger partial charge in [0.1, 0.15) is 17.6 Å². The van der Waals surface area contributed by atoms with Gasteiger partial charge in [-0.05, 0) is 55.0 Å². The molecule has 1 aliphatic rings. The molecule has 2 aromatic heterocycles. The molecule has 0 aliphatic carbocycles. The fourth-order valence-electron chi connectivity index (χ4n) is 3.64. The third-order valence-electron chi connectivity index (χ3n) is 5.00. The number of aromatic nitrogens is 1. The quantitative estimate of drug-likeness (QED) is 0.586. The van der Waals surface area contributed by atoms with Gasteiger partial charge in [0.2, 0.25) is 0 Å². The second kappa shape index (κ2) is 8.05. The Hall–Kier alpha value is -3.19. The van der Waals surface area contributed by atoms with Crippen LogP contribution in [0.4, 0.5) is 0 Å². The lowest BCUT2D eigenvalue weighted by molar-refractivity contribution is 0.0697. The molecule has 0 radical (unpaired) electrons. The Labute approximate surface area is 174 Å². The minimum Gasteiger partial charge on any atom is -0.478 e. The first-order chi connectivity index (χ1) is 14.1. The Morgan fingerprint density at radius 1 is 1.21 bits per heavy atom. The average molecular weight is 407 g/mol. The molecule has 2 atom stereocenters. The molecule has 1 aromatic carbocycles. The zero-order chi connectivity index (χ0) is 20.4. The van der Waals surface area contributed by atoms with Crippen LogP contribution in [-0.2, 0) is 0 Å². The van der Waals surface area contributed by atoms with Crippen LogP contribution in [0.5, 0.6) is 0 Å². The van der Waals surface area contributed by atoms with Crippen molar-refractivity contribution in [1.82, 2.24) is 15.2 Å². The number of nitrogens with one attached hydrogen (secondary N) is 1. The largest absolute Gasteiger partial charge is 0.478 e. The van der Waals surface area contributed by atoms with Crippen LogP contribution in [0.2, 0.25) is 0 Å². The molecule has 1 saturated heterocycles. The van der Waals surface area contributed by atoms with E-state index in [1.807, 2.05) is 30.3 Å². The molecule has 2 N–H and O–H groups in total. The van der Waals surface area contributed by atoms with Crippen molar-refractivity contribution < 1.29 is 14.3 Å². The van der Waals surface area contributed by atoms with E-state index in [4.69, 9.17) is 21.7 Å². The van der Waals surface area contributed by atoms with E-state index in [0.29, 0.717) is 10.9 Å². The summed E-state index contributed by atoms with van der Waals surface area (Å²) in [6, 6.07) is 16.1. The molecule has 4 rings (SSSR count). The summed E-state index contributed by atoms with van der Waals surface area (Å²) in [7, 11) is 0. The van der Waals surface area contributed by atoms with E-state index in [1.54, 1.807) is 30.5 Å². The lowest BCUT2D eigenvalue weighted by Crippen LogP contribution is -2.30. The molecule has 7 heteroatoms. The molecule has 29 heavy (non-hydrogen) atoms. The summed E-state index contributed by atoms with van der Waals surface area (Å²) in [6.45, 7) is 2.93. The maximum atomic E-state index is 11.1. The highest BCUT2D eigenvalue weighted by molar-refractivity contribution is 7.80. The molecule has 3 heterocycles. The molecule has 0 saturated carbocycles. The lowest BCUT2D eigenvalue weighted by Gasteiger charge is -2.25. The summed E-state index contributed by atoms with van der Waals surface area (Å²) in [4.78, 5) is 17.7. The van der Waals surface area contributed by atoms with E-state index in [9.17, 15) is 4.79 Å². The Kier molecular flexibility index (Phi) is 5.31. The van der Waals surface area contributed by atoms with Gasteiger partial charge >= 0.3 is 5.97 Å². The van der Waals surface area contributed by atoms with Gasteiger partial charge in [0.25, 0.3) is 0 Å². The molecule has 148 valence electrons. The van der Waals surface area contributed by atoms with Crippen LogP contribution in [0.15, 0.2) is 65.2 Å². The normalized spacial score (nSPS) is 18.7. The van der Waals surface area contributed by atoms with E-state index in [2.05, 4.69) is 22.1 Å². The van der Waals surface area contributed by atoms with Crippen molar-refractivity contribution in [2.24, 2.45) is 0 Å². The molecular formula is C22H21N3O3S. The summed E-state index contributed by atoms with van der Waals surface area (Å²) in [5.74, 6) is 0.528. The van der Waals surface area contributed by atoms with Crippen molar-refractivity contribution in [2.75, 3.05) is 6.54 Å². The van der Waals surface area contributed by atoms with Gasteiger partial charge in [0, 0.05) is 18.3 Å². The zero-order valence-electron chi connectivity index (χ0n) is 15.9. The van der Waals surface area contributed by atoms with Crippen LogP contribution in [0.3, 0.4) is 0 Å². The monoisotopic (exact) mass is 407 g/mol. The second-order valence-corrected chi connectivity index (χ2v) is 7.29. The first-order valence-corrected chi connectivity index (χ1v) is 9.91. The van der Waals surface area contributed by atoms with Gasteiger partial charge in [-0.15, -0.1) is 0 Å². The number of rotatable bonds is 6. The number of nitrogens with zero attached hydrogens (tertiary/aromatic N) is 2. The highest BCUT2D eigenvalue weighted by Gasteiger charge is 2.41. The summed E-state index contributed by atoms with van der Waals surface area (Å²) in [5, 5.41) is 13.2. The van der Waals surface area contributed by atoms with Gasteiger partial charge < -0.3 is 19.7 Å². The number of aromatic carboxylic acids is 1. The van der Waals surface area contributed by atoms with Crippen molar-refractivity contribution in [1.29, 1.82) is 0 Å². The standard InChI is InChI=1S/C22H21N3O3S/c1-2-13-25-20(19(24-22(25)29)16-5-3-4-12-23-16)18-11-10-17(28-18)14-6-8-15(9-7-14)21(26)27/h3-12,19-20H,2,13H2,1H3,(H,24,29)(H,26,27)/t19-,20+/m0/s1. The first kappa shape index (κ1) is 19.1. The average Bonchev–Trinajstić information content (AvgIpc) is 3.34. The molecule has 0 bridgehead atoms. The lowest BCUT2D eigenvalue weighted by atomic mass is 10.0. The van der Waals surface area contributed by atoms with Crippen molar-refractivity contribution in [3.63, 3.8) is 0 Å². The molecule has 0 spiro atoms. The number of carboxylic acids is 1. The predicted octanol–water partition coefficient (Wildman–Crippen LogP) is 4.42. The fourth-order valence-corrected chi connectivity index (χ4v) is 3.97. The topological polar surface area (TPSA) is 78.6 Å². The van der Waals surface area contributed by atoms with Gasteiger partial charge in [-0.3, -0.25) is 4.98 Å². The van der Waals surface area contributed by atoms with Crippen LogP contribution in [0, 0.1) is 0 Å². The Morgan fingerprint density at radius 3 is 2.66 bits per heavy atom. The van der Waals surface area contributed by atoms with Crippen molar-refractivity contribution in [3.8, 4) is 11.3 Å². The summed E-state index contributed by atoms with van der Waals surface area (Å²) in [6.07, 6.45) is 2.73. The predicted molar refractivity (Wildman–Crippen MR) is 114 cm³/mol. The third kappa shape index (κ3) is 3.73. The number of furan rings is 1. The van der Waals surface area contributed by atoms with Gasteiger partial charge in [-0.1, -0.05) is 25.1 Å². The number of hydrogen-bond donors (Lipinski definition) is 2. The number of hydrogen-bond acceptors (Lipinski definition) is 4. The van der Waals surface area contributed by atoms with E-state index >= 15 is 0 Å². The molecule has 1 fully saturated rings. The Morgan fingerprint density at radius 2 is 2.00 bits per heavy atom. The number of carbonyl (C=O) groups is 1. The maximum absolute atomic E-state index is 11.1. The highest BCUT2D eigenvalue weighted by Crippen LogP contribution is 2.40. The van der Waals surface area contributed by atoms with Gasteiger partial charge in [-0.25, -0.2) is 4.79 Å². The van der Waals surface area contributed by atoms with Crippen molar-refractivity contribution in [3.05, 3.63) is 77.8 Å².